The number of aromatic amines is 1. The van der Waals surface area contributed by atoms with E-state index in [9.17, 15) is 14.4 Å². The summed E-state index contributed by atoms with van der Waals surface area (Å²) in [4.78, 5) is 39.7. The summed E-state index contributed by atoms with van der Waals surface area (Å²) in [5.74, 6) is -1.88. The summed E-state index contributed by atoms with van der Waals surface area (Å²) in [6.45, 7) is 4.64. The van der Waals surface area contributed by atoms with Gasteiger partial charge in [-0.2, -0.15) is 0 Å². The van der Waals surface area contributed by atoms with Crippen molar-refractivity contribution in [2.45, 2.75) is 20.8 Å². The van der Waals surface area contributed by atoms with Gasteiger partial charge in [-0.15, -0.1) is 0 Å². The van der Waals surface area contributed by atoms with E-state index in [2.05, 4.69) is 4.98 Å². The molecule has 1 aromatic carbocycles. The van der Waals surface area contributed by atoms with E-state index < -0.39 is 24.3 Å². The highest BCUT2D eigenvalue weighted by Gasteiger charge is 2.26. The van der Waals surface area contributed by atoms with Gasteiger partial charge in [0, 0.05) is 22.1 Å². The smallest absolute Gasteiger partial charge is 0.340 e. The highest BCUT2D eigenvalue weighted by Crippen LogP contribution is 2.22. The second kappa shape index (κ2) is 8.05. The van der Waals surface area contributed by atoms with E-state index >= 15 is 0 Å². The lowest BCUT2D eigenvalue weighted by molar-refractivity contribution is 0.0473. The van der Waals surface area contributed by atoms with Crippen LogP contribution in [0.1, 0.15) is 49.4 Å². The van der Waals surface area contributed by atoms with Crippen LogP contribution in [0, 0.1) is 13.8 Å². The number of hydrogen-bond acceptors (Lipinski definition) is 6. The van der Waals surface area contributed by atoms with Crippen molar-refractivity contribution >= 4 is 35.0 Å². The molecule has 2 aromatic rings. The number of aryl methyl sites for hydroxylation is 2. The normalized spacial score (nSPS) is 10.5. The first-order chi connectivity index (χ1) is 12.3. The molecule has 0 spiro atoms. The van der Waals surface area contributed by atoms with Crippen LogP contribution in [0.15, 0.2) is 18.2 Å². The third kappa shape index (κ3) is 4.05. The van der Waals surface area contributed by atoms with E-state index in [1.54, 1.807) is 20.8 Å². The molecule has 0 unspecified atom stereocenters. The lowest BCUT2D eigenvalue weighted by Gasteiger charge is -2.08. The summed E-state index contributed by atoms with van der Waals surface area (Å²) in [5, 5.41) is 0.382. The van der Waals surface area contributed by atoms with Gasteiger partial charge in [0.2, 0.25) is 5.78 Å². The monoisotopic (exact) mass is 378 g/mol. The van der Waals surface area contributed by atoms with Crippen LogP contribution < -0.4 is 5.73 Å². The first kappa shape index (κ1) is 19.5. The van der Waals surface area contributed by atoms with Crippen LogP contribution >= 0.6 is 11.6 Å². The molecule has 0 radical (unpaired) electrons. The number of ether oxygens (including phenoxy) is 2. The van der Waals surface area contributed by atoms with E-state index in [1.807, 2.05) is 0 Å². The zero-order chi connectivity index (χ0) is 19.4. The minimum absolute atomic E-state index is 0.106. The van der Waals surface area contributed by atoms with Crippen LogP contribution in [0.2, 0.25) is 5.02 Å². The highest BCUT2D eigenvalue weighted by molar-refractivity contribution is 6.31. The van der Waals surface area contributed by atoms with Crippen molar-refractivity contribution in [3.05, 3.63) is 51.3 Å². The molecule has 26 heavy (non-hydrogen) atoms. The van der Waals surface area contributed by atoms with Crippen molar-refractivity contribution in [3.63, 3.8) is 0 Å². The fraction of sp³-hybridized carbons (Fsp3) is 0.278. The maximum atomic E-state index is 12.5. The molecule has 0 bridgehead atoms. The van der Waals surface area contributed by atoms with Crippen molar-refractivity contribution in [3.8, 4) is 0 Å². The molecule has 0 atom stereocenters. The molecule has 3 N–H and O–H groups in total. The number of halogens is 1. The molecule has 0 aliphatic heterocycles. The van der Waals surface area contributed by atoms with Crippen LogP contribution in [-0.4, -0.2) is 35.9 Å². The molecule has 0 aliphatic carbocycles. The summed E-state index contributed by atoms with van der Waals surface area (Å²) in [7, 11) is 0. The van der Waals surface area contributed by atoms with Crippen molar-refractivity contribution < 1.29 is 23.9 Å². The van der Waals surface area contributed by atoms with E-state index in [1.165, 1.54) is 18.2 Å². The Balaban J connectivity index is 2.18. The van der Waals surface area contributed by atoms with E-state index in [-0.39, 0.29) is 29.0 Å². The topological polar surface area (TPSA) is 111 Å². The first-order valence-electron chi connectivity index (χ1n) is 7.87. The molecule has 0 aliphatic rings. The molecule has 7 nitrogen and oxygen atoms in total. The molecule has 1 heterocycles. The van der Waals surface area contributed by atoms with Crippen molar-refractivity contribution in [1.82, 2.24) is 4.98 Å². The number of hydrogen-bond donors (Lipinski definition) is 2. The second-order valence-electron chi connectivity index (χ2n) is 5.58. The Bertz CT molecular complexity index is 873. The van der Waals surface area contributed by atoms with Crippen LogP contribution in [0.25, 0.3) is 0 Å². The molecule has 138 valence electrons. The van der Waals surface area contributed by atoms with Gasteiger partial charge in [-0.3, -0.25) is 4.79 Å². The summed E-state index contributed by atoms with van der Waals surface area (Å²) >= 11 is 5.79. The predicted molar refractivity (Wildman–Crippen MR) is 96.7 cm³/mol. The summed E-state index contributed by atoms with van der Waals surface area (Å²) < 4.78 is 10.0. The fourth-order valence-electron chi connectivity index (χ4n) is 2.59. The first-order valence-corrected chi connectivity index (χ1v) is 8.25. The molecular weight excluding hydrogens is 360 g/mol. The summed E-state index contributed by atoms with van der Waals surface area (Å²) in [6, 6.07) is 4.33. The van der Waals surface area contributed by atoms with Gasteiger partial charge in [0.15, 0.2) is 6.61 Å². The van der Waals surface area contributed by atoms with E-state index in [0.717, 1.165) is 0 Å². The SMILES string of the molecule is CCOC(=O)c1c(C)[nH]c(C)c1C(=O)COC(=O)c1ccc(Cl)cc1N. The summed E-state index contributed by atoms with van der Waals surface area (Å²) in [5.41, 5.74) is 7.29. The summed E-state index contributed by atoms with van der Waals surface area (Å²) in [6.07, 6.45) is 0. The number of anilines is 1. The Morgan fingerprint density at radius 1 is 1.08 bits per heavy atom. The Morgan fingerprint density at radius 2 is 1.73 bits per heavy atom. The largest absolute Gasteiger partial charge is 0.462 e. The minimum atomic E-state index is -0.755. The molecule has 0 saturated heterocycles. The van der Waals surface area contributed by atoms with Crippen LogP contribution in [0.3, 0.4) is 0 Å². The average Bonchev–Trinajstić information content (AvgIpc) is 2.86. The lowest BCUT2D eigenvalue weighted by Crippen LogP contribution is -2.18. The van der Waals surface area contributed by atoms with Crippen LogP contribution in [0.4, 0.5) is 5.69 Å². The second-order valence-corrected chi connectivity index (χ2v) is 6.01. The number of ketones is 1. The number of esters is 2. The number of carbonyl (C=O) groups excluding carboxylic acids is 3. The van der Waals surface area contributed by atoms with Gasteiger partial charge in [-0.25, -0.2) is 9.59 Å². The third-order valence-corrected chi connectivity index (χ3v) is 3.94. The zero-order valence-electron chi connectivity index (χ0n) is 14.6. The number of aromatic nitrogens is 1. The molecule has 1 aromatic heterocycles. The minimum Gasteiger partial charge on any atom is -0.462 e. The molecular formula is C18H19ClN2O5. The maximum absolute atomic E-state index is 12.5. The van der Waals surface area contributed by atoms with Gasteiger partial charge in [0.1, 0.15) is 0 Å². The number of benzene rings is 1. The van der Waals surface area contributed by atoms with E-state index in [4.69, 9.17) is 26.8 Å². The molecule has 0 fully saturated rings. The number of carbonyl (C=O) groups is 3. The Labute approximate surface area is 155 Å². The molecule has 0 saturated carbocycles. The number of rotatable bonds is 6. The van der Waals surface area contributed by atoms with Crippen molar-refractivity contribution in [2.24, 2.45) is 0 Å². The van der Waals surface area contributed by atoms with Gasteiger partial charge in [-0.1, -0.05) is 11.6 Å². The fourth-order valence-corrected chi connectivity index (χ4v) is 2.77. The molecule has 8 heteroatoms. The highest BCUT2D eigenvalue weighted by atomic mass is 35.5. The van der Waals surface area contributed by atoms with Gasteiger partial charge < -0.3 is 20.2 Å². The van der Waals surface area contributed by atoms with Crippen LogP contribution in [-0.2, 0) is 9.47 Å². The Kier molecular flexibility index (Phi) is 6.05. The number of nitrogens with two attached hydrogens (primary N) is 1. The maximum Gasteiger partial charge on any atom is 0.340 e. The van der Waals surface area contributed by atoms with Crippen molar-refractivity contribution in [1.29, 1.82) is 0 Å². The number of nitrogen functional groups attached to an aromatic ring is 1. The van der Waals surface area contributed by atoms with Gasteiger partial charge in [0.25, 0.3) is 0 Å². The van der Waals surface area contributed by atoms with Gasteiger partial charge >= 0.3 is 11.9 Å². The quantitative estimate of drug-likeness (QED) is 0.454. The molecule has 2 rings (SSSR count). The zero-order valence-corrected chi connectivity index (χ0v) is 15.4. The number of nitrogens with one attached hydrogen (secondary N) is 1. The third-order valence-electron chi connectivity index (χ3n) is 3.70. The average molecular weight is 379 g/mol. The number of H-pyrrole nitrogens is 1. The number of Topliss-reactive ketones (excluding diaryl/α,β-unsaturated/α-hetero) is 1. The van der Waals surface area contributed by atoms with Crippen molar-refractivity contribution in [2.75, 3.05) is 18.9 Å². The molecule has 0 amide bonds. The van der Waals surface area contributed by atoms with Gasteiger partial charge in [-0.05, 0) is 39.0 Å². The Morgan fingerprint density at radius 3 is 2.35 bits per heavy atom. The standard InChI is InChI=1S/C18H19ClN2O5/c1-4-25-18(24)16-10(3)21-9(2)15(16)14(22)8-26-17(23)12-6-5-11(19)7-13(12)20/h5-7,21H,4,8,20H2,1-3H3. The lowest BCUT2D eigenvalue weighted by atomic mass is 10.1. The van der Waals surface area contributed by atoms with E-state index in [0.29, 0.717) is 16.4 Å². The predicted octanol–water partition coefficient (Wildman–Crippen LogP) is 3.08. The van der Waals surface area contributed by atoms with Crippen LogP contribution in [0.5, 0.6) is 0 Å². The Hall–Kier alpha value is -2.80. The van der Waals surface area contributed by atoms with Gasteiger partial charge in [0.05, 0.1) is 23.3 Å².